The summed E-state index contributed by atoms with van der Waals surface area (Å²) < 4.78 is 18.7. The van der Waals surface area contributed by atoms with E-state index >= 15 is 0 Å². The van der Waals surface area contributed by atoms with E-state index in [1.165, 1.54) is 10.6 Å². The van der Waals surface area contributed by atoms with Crippen molar-refractivity contribution in [2.24, 2.45) is 0 Å². The van der Waals surface area contributed by atoms with E-state index in [4.69, 9.17) is 14.0 Å². The molecule has 1 aromatic heterocycles. The average molecular weight is 364 g/mol. The Kier molecular flexibility index (Phi) is 5.59. The van der Waals surface area contributed by atoms with E-state index in [2.05, 4.69) is 5.32 Å². The summed E-state index contributed by atoms with van der Waals surface area (Å²) in [6, 6.07) is 3.19. The Labute approximate surface area is 155 Å². The molecule has 0 unspecified atom stereocenters. The van der Waals surface area contributed by atoms with E-state index in [9.17, 15) is 9.59 Å². The van der Waals surface area contributed by atoms with Crippen LogP contribution in [-0.4, -0.2) is 41.1 Å². The van der Waals surface area contributed by atoms with E-state index < -0.39 is 30.0 Å². The average Bonchev–Trinajstić information content (AvgIpc) is 2.67. The van der Waals surface area contributed by atoms with Crippen LogP contribution in [0.25, 0.3) is 0 Å². The minimum absolute atomic E-state index is 0.156. The van der Waals surface area contributed by atoms with Crippen molar-refractivity contribution in [3.05, 3.63) is 28.7 Å². The fourth-order valence-corrected chi connectivity index (χ4v) is 2.44. The number of nitrogens with one attached hydrogen (secondary N) is 1. The van der Waals surface area contributed by atoms with Gasteiger partial charge in [-0.05, 0) is 53.9 Å². The van der Waals surface area contributed by atoms with Crippen LogP contribution >= 0.6 is 0 Å². The van der Waals surface area contributed by atoms with E-state index in [0.717, 1.165) is 5.46 Å². The molecule has 1 fully saturated rings. The molecule has 0 radical (unpaired) electrons. The Hall–Kier alpha value is -1.80. The number of rotatable bonds is 4. The van der Waals surface area contributed by atoms with E-state index in [0.29, 0.717) is 6.54 Å². The summed E-state index contributed by atoms with van der Waals surface area (Å²) in [5.41, 5.74) is -0.845. The topological polar surface area (TPSA) is 78.8 Å². The molecule has 7 nitrogen and oxygen atoms in total. The van der Waals surface area contributed by atoms with Gasteiger partial charge in [0, 0.05) is 25.4 Å². The molecule has 144 valence electrons. The lowest BCUT2D eigenvalue weighted by molar-refractivity contribution is 0.00578. The summed E-state index contributed by atoms with van der Waals surface area (Å²) in [4.78, 5) is 23.8. The van der Waals surface area contributed by atoms with Crippen molar-refractivity contribution in [2.75, 3.05) is 6.54 Å². The van der Waals surface area contributed by atoms with Gasteiger partial charge >= 0.3 is 13.2 Å². The zero-order chi connectivity index (χ0) is 19.8. The first-order chi connectivity index (χ1) is 11.8. The first kappa shape index (κ1) is 20.5. The number of carbonyl (C=O) groups is 1. The lowest BCUT2D eigenvalue weighted by Crippen LogP contribution is -2.41. The molecule has 2 heterocycles. The maximum Gasteiger partial charge on any atom is 0.496 e. The van der Waals surface area contributed by atoms with Gasteiger partial charge in [0.25, 0.3) is 5.56 Å². The fraction of sp³-hybridized carbons (Fsp3) is 0.667. The van der Waals surface area contributed by atoms with E-state index in [1.807, 2.05) is 27.7 Å². The molecule has 0 aliphatic carbocycles. The van der Waals surface area contributed by atoms with Gasteiger partial charge < -0.3 is 23.9 Å². The highest BCUT2D eigenvalue weighted by atomic mass is 16.7. The number of nitrogens with zero attached hydrogens (tertiary/aromatic N) is 1. The molecular formula is C18H29BN2O5. The number of hydrogen-bond donors (Lipinski definition) is 1. The number of hydrogen-bond acceptors (Lipinski definition) is 5. The molecule has 0 saturated carbocycles. The zero-order valence-electron chi connectivity index (χ0n) is 16.7. The first-order valence-electron chi connectivity index (χ1n) is 8.84. The van der Waals surface area contributed by atoms with Gasteiger partial charge in [-0.25, -0.2) is 4.79 Å². The molecule has 26 heavy (non-hydrogen) atoms. The summed E-state index contributed by atoms with van der Waals surface area (Å²) in [5, 5.41) is 2.65. The smallest absolute Gasteiger partial charge is 0.444 e. The van der Waals surface area contributed by atoms with Crippen molar-refractivity contribution in [3.8, 4) is 0 Å². The Morgan fingerprint density at radius 3 is 2.31 bits per heavy atom. The Bertz CT molecular complexity index is 705. The largest absolute Gasteiger partial charge is 0.496 e. The van der Waals surface area contributed by atoms with E-state index in [-0.39, 0.29) is 12.1 Å². The number of ether oxygens (including phenoxy) is 1. The second-order valence-corrected chi connectivity index (χ2v) is 8.51. The third kappa shape index (κ3) is 4.89. The lowest BCUT2D eigenvalue weighted by Gasteiger charge is -2.32. The van der Waals surface area contributed by atoms with Crippen LogP contribution in [0.2, 0.25) is 0 Å². The van der Waals surface area contributed by atoms with Crippen LogP contribution in [0.3, 0.4) is 0 Å². The van der Waals surface area contributed by atoms with Crippen molar-refractivity contribution in [1.82, 2.24) is 9.88 Å². The van der Waals surface area contributed by atoms with Crippen molar-refractivity contribution < 1.29 is 18.8 Å². The van der Waals surface area contributed by atoms with Crippen molar-refractivity contribution in [2.45, 2.75) is 71.8 Å². The molecule has 0 aromatic carbocycles. The summed E-state index contributed by atoms with van der Waals surface area (Å²) in [6.45, 7) is 13.9. The number of alkyl carbamates (subject to hydrolysis) is 1. The molecule has 1 saturated heterocycles. The predicted molar refractivity (Wildman–Crippen MR) is 101 cm³/mol. The molecule has 1 aliphatic rings. The van der Waals surface area contributed by atoms with Crippen LogP contribution < -0.4 is 16.3 Å². The van der Waals surface area contributed by atoms with Crippen LogP contribution in [0, 0.1) is 0 Å². The van der Waals surface area contributed by atoms with Crippen molar-refractivity contribution >= 4 is 18.7 Å². The molecule has 1 N–H and O–H groups in total. The van der Waals surface area contributed by atoms with Crippen LogP contribution in [0.4, 0.5) is 4.79 Å². The van der Waals surface area contributed by atoms with Gasteiger partial charge in [-0.15, -0.1) is 0 Å². The molecule has 0 spiro atoms. The highest BCUT2D eigenvalue weighted by Crippen LogP contribution is 2.36. The number of pyridine rings is 1. The molecular weight excluding hydrogens is 335 g/mol. The lowest BCUT2D eigenvalue weighted by atomic mass is 9.80. The standard InChI is InChI=1S/C18H29BN2O5/c1-16(2,3)24-15(23)20-10-11-21-12-13(8-9-14(21)22)19-25-17(4,5)18(6,7)26-19/h8-9,12H,10-11H2,1-7H3,(H,20,23). The monoisotopic (exact) mass is 364 g/mol. The van der Waals surface area contributed by atoms with E-state index in [1.54, 1.807) is 33.0 Å². The summed E-state index contributed by atoms with van der Waals surface area (Å²) in [6.07, 6.45) is 1.20. The van der Waals surface area contributed by atoms with Crippen LogP contribution in [-0.2, 0) is 20.6 Å². The molecule has 2 rings (SSSR count). The van der Waals surface area contributed by atoms with Gasteiger partial charge in [-0.3, -0.25) is 4.79 Å². The maximum atomic E-state index is 12.1. The quantitative estimate of drug-likeness (QED) is 0.823. The minimum Gasteiger partial charge on any atom is -0.444 e. The normalized spacial score (nSPS) is 18.7. The fourth-order valence-electron chi connectivity index (χ4n) is 2.44. The molecule has 8 heteroatoms. The number of carbonyl (C=O) groups excluding carboxylic acids is 1. The Balaban J connectivity index is 2.02. The van der Waals surface area contributed by atoms with Gasteiger partial charge in [0.05, 0.1) is 11.2 Å². The highest BCUT2D eigenvalue weighted by Gasteiger charge is 2.51. The molecule has 1 aromatic rings. The SMILES string of the molecule is CC(C)(C)OC(=O)NCCn1cc(B2OC(C)(C)C(C)(C)O2)ccc1=O. The predicted octanol–water partition coefficient (Wildman–Crippen LogP) is 1.67. The van der Waals surface area contributed by atoms with Gasteiger partial charge in [0.2, 0.25) is 0 Å². The minimum atomic E-state index is -0.558. The summed E-state index contributed by atoms with van der Waals surface area (Å²) >= 11 is 0. The summed E-state index contributed by atoms with van der Waals surface area (Å²) in [5.74, 6) is 0. The number of aromatic nitrogens is 1. The molecule has 1 aliphatic heterocycles. The third-order valence-corrected chi connectivity index (χ3v) is 4.55. The van der Waals surface area contributed by atoms with Gasteiger partial charge in [0.1, 0.15) is 5.60 Å². The molecule has 0 atom stereocenters. The van der Waals surface area contributed by atoms with Crippen molar-refractivity contribution in [3.63, 3.8) is 0 Å². The molecule has 1 amide bonds. The van der Waals surface area contributed by atoms with Gasteiger partial charge in [0.15, 0.2) is 0 Å². The number of amides is 1. The maximum absolute atomic E-state index is 12.1. The summed E-state index contributed by atoms with van der Waals surface area (Å²) in [7, 11) is -0.536. The van der Waals surface area contributed by atoms with Crippen LogP contribution in [0.1, 0.15) is 48.5 Å². The third-order valence-electron chi connectivity index (χ3n) is 4.55. The molecule has 0 bridgehead atoms. The highest BCUT2D eigenvalue weighted by molar-refractivity contribution is 6.62. The Morgan fingerprint density at radius 2 is 1.77 bits per heavy atom. The van der Waals surface area contributed by atoms with Crippen molar-refractivity contribution in [1.29, 1.82) is 0 Å². The van der Waals surface area contributed by atoms with Crippen LogP contribution in [0.15, 0.2) is 23.1 Å². The zero-order valence-corrected chi connectivity index (χ0v) is 16.7. The van der Waals surface area contributed by atoms with Gasteiger partial charge in [-0.2, -0.15) is 0 Å². The first-order valence-corrected chi connectivity index (χ1v) is 8.84. The second kappa shape index (κ2) is 7.08. The van der Waals surface area contributed by atoms with Gasteiger partial charge in [-0.1, -0.05) is 6.07 Å². The second-order valence-electron chi connectivity index (χ2n) is 8.51. The van der Waals surface area contributed by atoms with Crippen LogP contribution in [0.5, 0.6) is 0 Å². The Morgan fingerprint density at radius 1 is 1.19 bits per heavy atom.